The molecular formula is C21H23ClN4O5S. The number of aliphatic hydroxyl groups excluding tert-OH is 1. The van der Waals surface area contributed by atoms with Crippen LogP contribution in [0.25, 0.3) is 17.3 Å². The Bertz CT molecular complexity index is 1210. The van der Waals surface area contributed by atoms with E-state index in [1.807, 2.05) is 0 Å². The summed E-state index contributed by atoms with van der Waals surface area (Å²) < 4.78 is 31.3. The van der Waals surface area contributed by atoms with Gasteiger partial charge in [0.15, 0.2) is 0 Å². The van der Waals surface area contributed by atoms with Gasteiger partial charge in [0.25, 0.3) is 0 Å². The molecule has 9 nitrogen and oxygen atoms in total. The van der Waals surface area contributed by atoms with E-state index in [0.717, 1.165) is 11.8 Å². The molecule has 4 rings (SSSR count). The summed E-state index contributed by atoms with van der Waals surface area (Å²) in [5, 5.41) is 10.0. The van der Waals surface area contributed by atoms with Crippen molar-refractivity contribution in [2.75, 3.05) is 19.3 Å². The molecule has 1 N–H and O–H groups in total. The van der Waals surface area contributed by atoms with Crippen molar-refractivity contribution >= 4 is 27.3 Å². The molecule has 1 aromatic carbocycles. The average Bonchev–Trinajstić information content (AvgIpc) is 3.40. The number of carbonyl (C=O) groups excluding carboxylic acids is 1. The molecule has 0 atom stereocenters. The van der Waals surface area contributed by atoms with E-state index in [4.69, 9.17) is 16.0 Å². The lowest BCUT2D eigenvalue weighted by Gasteiger charge is -2.29. The van der Waals surface area contributed by atoms with Crippen molar-refractivity contribution in [3.8, 4) is 17.3 Å². The minimum Gasteiger partial charge on any atom is -0.427 e. The van der Waals surface area contributed by atoms with E-state index >= 15 is 0 Å². The number of benzene rings is 1. The number of oxazole rings is 1. The maximum absolute atomic E-state index is 12.7. The molecule has 1 fully saturated rings. The van der Waals surface area contributed by atoms with Crippen LogP contribution in [0.5, 0.6) is 0 Å². The molecule has 11 heteroatoms. The fourth-order valence-corrected chi connectivity index (χ4v) is 4.52. The van der Waals surface area contributed by atoms with Gasteiger partial charge in [-0.15, -0.1) is 0 Å². The van der Waals surface area contributed by atoms with Crippen LogP contribution in [0.15, 0.2) is 46.2 Å². The maximum Gasteiger partial charge on any atom is 0.308 e. The van der Waals surface area contributed by atoms with Crippen molar-refractivity contribution < 1.29 is 22.7 Å². The number of carbonyl (C=O) groups is 1. The second-order valence-electron chi connectivity index (χ2n) is 7.74. The summed E-state index contributed by atoms with van der Waals surface area (Å²) in [7, 11) is -3.60. The van der Waals surface area contributed by atoms with Crippen LogP contribution in [-0.4, -0.2) is 64.3 Å². The first-order valence-corrected chi connectivity index (χ1v) is 12.4. The third-order valence-electron chi connectivity index (χ3n) is 5.33. The van der Waals surface area contributed by atoms with Gasteiger partial charge in [0, 0.05) is 55.2 Å². The van der Waals surface area contributed by atoms with E-state index in [1.54, 1.807) is 29.2 Å². The molecule has 1 aliphatic rings. The number of likely N-dealkylation sites (tertiary alicyclic amines) is 1. The Morgan fingerprint density at radius 1 is 1.25 bits per heavy atom. The lowest BCUT2D eigenvalue weighted by molar-refractivity contribution is -0.133. The number of imidazole rings is 1. The molecule has 1 saturated heterocycles. The minimum atomic E-state index is -3.60. The van der Waals surface area contributed by atoms with Gasteiger partial charge in [0.05, 0.1) is 6.10 Å². The van der Waals surface area contributed by atoms with E-state index < -0.39 is 9.84 Å². The highest BCUT2D eigenvalue weighted by molar-refractivity contribution is 7.90. The topological polar surface area (TPSA) is 119 Å². The van der Waals surface area contributed by atoms with E-state index in [0.29, 0.717) is 42.4 Å². The third-order valence-corrected chi connectivity index (χ3v) is 6.55. The van der Waals surface area contributed by atoms with Crippen LogP contribution in [0.3, 0.4) is 0 Å². The molecule has 0 radical (unpaired) electrons. The number of rotatable bonds is 6. The molecule has 1 amide bonds. The second kappa shape index (κ2) is 9.05. The Hall–Kier alpha value is -2.69. The molecule has 3 aromatic rings. The molecule has 170 valence electrons. The zero-order valence-corrected chi connectivity index (χ0v) is 19.0. The number of aryl methyl sites for hydroxylation is 1. The van der Waals surface area contributed by atoms with Crippen molar-refractivity contribution in [3.05, 3.63) is 47.4 Å². The summed E-state index contributed by atoms with van der Waals surface area (Å²) in [6, 6.07) is 7.06. The average molecular weight is 479 g/mol. The summed E-state index contributed by atoms with van der Waals surface area (Å²) in [4.78, 5) is 22.8. The number of nitrogens with zero attached hydrogens (tertiary/aromatic N) is 4. The lowest BCUT2D eigenvalue weighted by Crippen LogP contribution is -2.40. The molecule has 2 aromatic heterocycles. The fourth-order valence-electron chi connectivity index (χ4n) is 3.65. The van der Waals surface area contributed by atoms with Crippen LogP contribution in [0, 0.1) is 0 Å². The number of aromatic nitrogens is 3. The van der Waals surface area contributed by atoms with Gasteiger partial charge in [-0.25, -0.2) is 18.0 Å². The number of amides is 1. The van der Waals surface area contributed by atoms with Crippen LogP contribution in [0.4, 0.5) is 0 Å². The Kier molecular flexibility index (Phi) is 6.36. The maximum atomic E-state index is 12.7. The van der Waals surface area contributed by atoms with Gasteiger partial charge in [-0.1, -0.05) is 23.7 Å². The summed E-state index contributed by atoms with van der Waals surface area (Å²) >= 11 is 6.00. The largest absolute Gasteiger partial charge is 0.427 e. The molecule has 1 aliphatic heterocycles. The second-order valence-corrected chi connectivity index (χ2v) is 10.1. The quantitative estimate of drug-likeness (QED) is 0.578. The number of sulfone groups is 1. The first-order chi connectivity index (χ1) is 15.2. The Balaban J connectivity index is 1.64. The minimum absolute atomic E-state index is 0.0311. The summed E-state index contributed by atoms with van der Waals surface area (Å²) in [6.07, 6.45) is 5.15. The number of hydrogen-bond donors (Lipinski definition) is 1. The van der Waals surface area contributed by atoms with Crippen LogP contribution >= 0.6 is 11.6 Å². The zero-order valence-electron chi connectivity index (χ0n) is 17.4. The predicted molar refractivity (Wildman–Crippen MR) is 117 cm³/mol. The van der Waals surface area contributed by atoms with Crippen LogP contribution in [-0.2, 0) is 21.1 Å². The van der Waals surface area contributed by atoms with Gasteiger partial charge < -0.3 is 14.4 Å². The molecule has 0 spiro atoms. The molecular weight excluding hydrogens is 456 g/mol. The lowest BCUT2D eigenvalue weighted by atomic mass is 10.1. The Morgan fingerprint density at radius 2 is 1.94 bits per heavy atom. The molecule has 0 unspecified atom stereocenters. The first kappa shape index (κ1) is 22.5. The smallest absolute Gasteiger partial charge is 0.308 e. The first-order valence-electron chi connectivity index (χ1n) is 10.2. The summed E-state index contributed by atoms with van der Waals surface area (Å²) in [5.74, 6) is 0.428. The van der Waals surface area contributed by atoms with E-state index in [9.17, 15) is 18.3 Å². The molecule has 32 heavy (non-hydrogen) atoms. The highest BCUT2D eigenvalue weighted by Crippen LogP contribution is 2.29. The van der Waals surface area contributed by atoms with E-state index in [1.165, 1.54) is 17.0 Å². The van der Waals surface area contributed by atoms with Gasteiger partial charge in [0.2, 0.25) is 20.9 Å². The zero-order chi connectivity index (χ0) is 22.9. The van der Waals surface area contributed by atoms with Crippen molar-refractivity contribution in [1.82, 2.24) is 19.4 Å². The Labute approximate surface area is 190 Å². The van der Waals surface area contributed by atoms with Gasteiger partial charge >= 0.3 is 6.01 Å². The van der Waals surface area contributed by atoms with Crippen molar-refractivity contribution in [1.29, 1.82) is 0 Å². The van der Waals surface area contributed by atoms with Crippen LogP contribution in [0.1, 0.15) is 25.0 Å². The number of piperidine rings is 1. The monoisotopic (exact) mass is 478 g/mol. The molecule has 0 bridgehead atoms. The Morgan fingerprint density at radius 3 is 2.59 bits per heavy atom. The van der Waals surface area contributed by atoms with Crippen molar-refractivity contribution in [2.24, 2.45) is 0 Å². The number of aliphatic hydroxyl groups is 1. The van der Waals surface area contributed by atoms with Crippen LogP contribution in [0.2, 0.25) is 5.02 Å². The molecule has 0 aliphatic carbocycles. The van der Waals surface area contributed by atoms with Crippen molar-refractivity contribution in [2.45, 2.75) is 36.9 Å². The highest BCUT2D eigenvalue weighted by atomic mass is 35.5. The number of hydrogen-bond acceptors (Lipinski definition) is 7. The summed E-state index contributed by atoms with van der Waals surface area (Å²) in [6.45, 7) is 1.05. The highest BCUT2D eigenvalue weighted by Gasteiger charge is 2.25. The van der Waals surface area contributed by atoms with Gasteiger partial charge in [-0.05, 0) is 25.0 Å². The van der Waals surface area contributed by atoms with Crippen molar-refractivity contribution in [3.63, 3.8) is 0 Å². The van der Waals surface area contributed by atoms with Crippen LogP contribution < -0.4 is 0 Å². The molecule has 0 saturated carbocycles. The standard InChI is InChI=1S/C21H23ClN4O5S/c1-32(29,30)21-23-10-13-26(21)20-24-19(14-2-4-15(22)5-3-14)17(31-20)6-7-18(28)25-11-8-16(27)9-12-25/h2-5,10,13,16,27H,6-9,11-12H2,1H3. The number of halogens is 1. The fraction of sp³-hybridized carbons (Fsp3) is 0.381. The van der Waals surface area contributed by atoms with E-state index in [2.05, 4.69) is 9.97 Å². The van der Waals surface area contributed by atoms with Gasteiger partial charge in [-0.3, -0.25) is 4.79 Å². The molecule has 3 heterocycles. The van der Waals surface area contributed by atoms with Gasteiger partial charge in [-0.2, -0.15) is 4.98 Å². The van der Waals surface area contributed by atoms with E-state index in [-0.39, 0.29) is 36.0 Å². The van der Waals surface area contributed by atoms with Gasteiger partial charge in [0.1, 0.15) is 11.5 Å². The normalized spacial score (nSPS) is 15.3. The predicted octanol–water partition coefficient (Wildman–Crippen LogP) is 2.50. The SMILES string of the molecule is CS(=O)(=O)c1nccn1-c1nc(-c2ccc(Cl)cc2)c(CCC(=O)N2CCC(O)CC2)o1. The summed E-state index contributed by atoms with van der Waals surface area (Å²) in [5.41, 5.74) is 1.24. The third kappa shape index (κ3) is 4.87.